The number of carbonyl (C=O) groups is 1. The quantitative estimate of drug-likeness (QED) is 0.138. The summed E-state index contributed by atoms with van der Waals surface area (Å²) in [6.45, 7) is 9.51. The van der Waals surface area contributed by atoms with Crippen molar-refractivity contribution >= 4 is 55.6 Å². The van der Waals surface area contributed by atoms with Crippen LogP contribution in [0.2, 0.25) is 0 Å². The van der Waals surface area contributed by atoms with Crippen molar-refractivity contribution < 1.29 is 27.4 Å². The number of carbonyl (C=O) groups excluding carboxylic acids is 1. The second-order valence-corrected chi connectivity index (χ2v) is 17.6. The summed E-state index contributed by atoms with van der Waals surface area (Å²) in [4.78, 5) is 35.1. The molecule has 4 aromatic rings. The summed E-state index contributed by atoms with van der Waals surface area (Å²) in [6.07, 6.45) is 3.88. The maximum absolute atomic E-state index is 17.5. The number of aliphatic imine (C=N–C) groups is 1. The number of hydrogen-bond donors (Lipinski definition) is 0. The fourth-order valence-corrected chi connectivity index (χ4v) is 10.0. The number of amides is 1. The van der Waals surface area contributed by atoms with E-state index < -0.39 is 28.9 Å². The SMILES string of the molecule is Cc1cc2c(N3C[C@H]4CC[C@@H](C3)N4C(=O)OC(C)(C)C)nc(OC[C@@]34CCCN3C[C@H](F)C4)nc2c(F)c1-c1ccc(F)c2sc(/N=C/N(C)C)c(C#N)c12. The monoisotopic (exact) mass is 774 g/mol. The first kappa shape index (κ1) is 37.3. The Hall–Kier alpha value is -4.68. The van der Waals surface area contributed by atoms with Crippen molar-refractivity contribution in [2.24, 2.45) is 4.99 Å². The molecular weight excluding hydrogens is 730 g/mol. The zero-order valence-electron chi connectivity index (χ0n) is 32.0. The molecule has 4 atom stereocenters. The van der Waals surface area contributed by atoms with Crippen molar-refractivity contribution in [3.63, 3.8) is 0 Å². The van der Waals surface area contributed by atoms with E-state index in [0.29, 0.717) is 53.4 Å². The summed E-state index contributed by atoms with van der Waals surface area (Å²) in [5.74, 6) is -0.721. The molecule has 55 heavy (non-hydrogen) atoms. The van der Waals surface area contributed by atoms with Crippen LogP contribution in [0.25, 0.3) is 32.1 Å². The normalized spacial score (nSPS) is 24.0. The lowest BCUT2D eigenvalue weighted by molar-refractivity contribution is 0.0122. The van der Waals surface area contributed by atoms with Crippen LogP contribution in [0.3, 0.4) is 0 Å². The molecule has 0 unspecified atom stereocenters. The highest BCUT2D eigenvalue weighted by Crippen LogP contribution is 2.47. The van der Waals surface area contributed by atoms with E-state index >= 15 is 8.78 Å². The molecule has 0 aliphatic carbocycles. The predicted molar refractivity (Wildman–Crippen MR) is 207 cm³/mol. The van der Waals surface area contributed by atoms with E-state index in [-0.39, 0.29) is 57.5 Å². The third-order valence-electron chi connectivity index (χ3n) is 11.3. The molecule has 290 valence electrons. The Kier molecular flexibility index (Phi) is 9.35. The molecule has 0 radical (unpaired) electrons. The van der Waals surface area contributed by atoms with Gasteiger partial charge in [0.1, 0.15) is 46.6 Å². The van der Waals surface area contributed by atoms with Gasteiger partial charge in [-0.05, 0) is 83.2 Å². The molecule has 4 aliphatic rings. The zero-order valence-corrected chi connectivity index (χ0v) is 32.8. The average Bonchev–Trinajstić information content (AvgIpc) is 3.84. The lowest BCUT2D eigenvalue weighted by Gasteiger charge is -2.42. The number of alkyl halides is 1. The van der Waals surface area contributed by atoms with Crippen LogP contribution in [-0.4, -0.2) is 113 Å². The standard InChI is InChI=1S/C40H45F3N8O3S/c1-22-14-27-33(32(43)30(22)26-10-11-29(42)34-31(26)28(16-44)36(55-34)45-21-48(5)6)46-37(53-20-40-12-7-13-50(40)17-23(41)15-40)47-35(27)49-18-24-8-9-25(19-49)51(24)38(52)54-39(2,3)4/h10-11,14,21,23-25H,7-9,12-13,15,17-20H2,1-6H3/b45-21+/t23-,24-,25+,40+/m1/s1. The van der Waals surface area contributed by atoms with E-state index in [2.05, 4.69) is 25.8 Å². The van der Waals surface area contributed by atoms with Gasteiger partial charge in [-0.2, -0.15) is 15.2 Å². The number of benzene rings is 2. The number of anilines is 1. The summed E-state index contributed by atoms with van der Waals surface area (Å²) in [6, 6.07) is 6.49. The van der Waals surface area contributed by atoms with Crippen molar-refractivity contribution in [3.8, 4) is 23.2 Å². The Morgan fingerprint density at radius 2 is 1.93 bits per heavy atom. The van der Waals surface area contributed by atoms with Crippen LogP contribution < -0.4 is 9.64 Å². The van der Waals surface area contributed by atoms with E-state index in [9.17, 15) is 14.4 Å². The Labute approximate surface area is 322 Å². The second-order valence-electron chi connectivity index (χ2n) is 16.6. The maximum atomic E-state index is 17.5. The van der Waals surface area contributed by atoms with Gasteiger partial charge in [0.2, 0.25) is 0 Å². The highest BCUT2D eigenvalue weighted by atomic mass is 32.1. The molecule has 4 saturated heterocycles. The number of aryl methyl sites for hydroxylation is 1. The molecule has 11 nitrogen and oxygen atoms in total. The van der Waals surface area contributed by atoms with Gasteiger partial charge in [-0.3, -0.25) is 9.80 Å². The molecule has 0 spiro atoms. The average molecular weight is 775 g/mol. The minimum atomic E-state index is -0.950. The van der Waals surface area contributed by atoms with Crippen LogP contribution >= 0.6 is 11.3 Å². The predicted octanol–water partition coefficient (Wildman–Crippen LogP) is 7.73. The number of halogens is 3. The summed E-state index contributed by atoms with van der Waals surface area (Å²) >= 11 is 1.04. The number of thiophene rings is 1. The Bertz CT molecular complexity index is 2250. The van der Waals surface area contributed by atoms with Gasteiger partial charge in [0.15, 0.2) is 5.82 Å². The lowest BCUT2D eigenvalue weighted by atomic mass is 9.93. The largest absolute Gasteiger partial charge is 0.461 e. The molecule has 4 aliphatic heterocycles. The van der Waals surface area contributed by atoms with Crippen LogP contribution in [0.4, 0.5) is 28.8 Å². The molecule has 0 saturated carbocycles. The van der Waals surface area contributed by atoms with Crippen molar-refractivity contribution in [1.29, 1.82) is 5.26 Å². The van der Waals surface area contributed by atoms with Crippen LogP contribution in [0.1, 0.15) is 64.0 Å². The molecule has 4 fully saturated rings. The Balaban J connectivity index is 1.25. The number of aromatic nitrogens is 2. The third-order valence-corrected chi connectivity index (χ3v) is 12.4. The molecule has 0 N–H and O–H groups in total. The van der Waals surface area contributed by atoms with Gasteiger partial charge < -0.3 is 19.3 Å². The fourth-order valence-electron chi connectivity index (χ4n) is 9.02. The number of rotatable bonds is 7. The van der Waals surface area contributed by atoms with E-state index in [1.54, 1.807) is 25.9 Å². The van der Waals surface area contributed by atoms with E-state index in [4.69, 9.17) is 14.5 Å². The lowest BCUT2D eigenvalue weighted by Crippen LogP contribution is -2.57. The fraction of sp³-hybridized carbons (Fsp3) is 0.525. The minimum Gasteiger partial charge on any atom is -0.461 e. The van der Waals surface area contributed by atoms with Crippen LogP contribution in [-0.2, 0) is 4.74 Å². The summed E-state index contributed by atoms with van der Waals surface area (Å²) < 4.78 is 59.8. The molecule has 6 heterocycles. The number of ether oxygens (including phenoxy) is 2. The zero-order chi connectivity index (χ0) is 39.0. The first-order valence-electron chi connectivity index (χ1n) is 18.8. The topological polar surface area (TPSA) is 110 Å². The molecule has 2 aromatic carbocycles. The summed E-state index contributed by atoms with van der Waals surface area (Å²) in [5, 5.41) is 11.4. The molecule has 15 heteroatoms. The van der Waals surface area contributed by atoms with Gasteiger partial charge in [0, 0.05) is 56.5 Å². The van der Waals surface area contributed by atoms with Crippen LogP contribution in [0.15, 0.2) is 23.2 Å². The van der Waals surface area contributed by atoms with Crippen molar-refractivity contribution in [1.82, 2.24) is 24.7 Å². The first-order chi connectivity index (χ1) is 26.2. The molecule has 2 bridgehead atoms. The van der Waals surface area contributed by atoms with Crippen molar-refractivity contribution in [2.75, 3.05) is 51.8 Å². The van der Waals surface area contributed by atoms with Gasteiger partial charge in [-0.25, -0.2) is 23.0 Å². The number of hydrogen-bond acceptors (Lipinski definition) is 10. The van der Waals surface area contributed by atoms with E-state index in [1.165, 1.54) is 18.5 Å². The highest BCUT2D eigenvalue weighted by molar-refractivity contribution is 7.23. The Morgan fingerprint density at radius 1 is 1.18 bits per heavy atom. The van der Waals surface area contributed by atoms with E-state index in [1.807, 2.05) is 31.7 Å². The number of nitrogens with zero attached hydrogens (tertiary/aromatic N) is 8. The number of nitriles is 1. The van der Waals surface area contributed by atoms with E-state index in [0.717, 1.165) is 43.6 Å². The second kappa shape index (κ2) is 13.8. The van der Waals surface area contributed by atoms with Gasteiger partial charge in [-0.15, -0.1) is 11.3 Å². The van der Waals surface area contributed by atoms with Crippen LogP contribution in [0, 0.1) is 29.9 Å². The van der Waals surface area contributed by atoms with Gasteiger partial charge in [0.25, 0.3) is 0 Å². The smallest absolute Gasteiger partial charge is 0.410 e. The van der Waals surface area contributed by atoms with Crippen molar-refractivity contribution in [3.05, 3.63) is 41.0 Å². The molecule has 1 amide bonds. The third kappa shape index (κ3) is 6.60. The molecule has 2 aromatic heterocycles. The first-order valence-corrected chi connectivity index (χ1v) is 19.6. The van der Waals surface area contributed by atoms with Gasteiger partial charge in [-0.1, -0.05) is 6.07 Å². The maximum Gasteiger partial charge on any atom is 0.410 e. The number of fused-ring (bicyclic) bond motifs is 5. The van der Waals surface area contributed by atoms with Gasteiger partial charge >= 0.3 is 12.1 Å². The molecule has 8 rings (SSSR count). The summed E-state index contributed by atoms with van der Waals surface area (Å²) in [7, 11) is 3.58. The van der Waals surface area contributed by atoms with Crippen molar-refractivity contribution in [2.45, 2.75) is 89.2 Å². The molecular formula is C40H45F3N8O3S. The van der Waals surface area contributed by atoms with Gasteiger partial charge in [0.05, 0.1) is 34.2 Å². The minimum absolute atomic E-state index is 0.00940. The summed E-state index contributed by atoms with van der Waals surface area (Å²) in [5.41, 5.74) is 0.110. The Morgan fingerprint density at radius 3 is 2.62 bits per heavy atom. The van der Waals surface area contributed by atoms with Crippen LogP contribution in [0.5, 0.6) is 6.01 Å². The number of piperazine rings is 1. The highest BCUT2D eigenvalue weighted by Gasteiger charge is 2.50.